The van der Waals surface area contributed by atoms with Crippen LogP contribution in [0.3, 0.4) is 0 Å². The normalized spacial score (nSPS) is 16.8. The minimum atomic E-state index is -1.16. The summed E-state index contributed by atoms with van der Waals surface area (Å²) in [7, 11) is 0. The Morgan fingerprint density at radius 1 is 1.05 bits per heavy atom. The first-order chi connectivity index (χ1) is 9.52. The van der Waals surface area contributed by atoms with Crippen molar-refractivity contribution >= 4 is 24.3 Å². The molecule has 2 N–H and O–H groups in total. The van der Waals surface area contributed by atoms with Gasteiger partial charge in [-0.15, -0.1) is 12.4 Å². The zero-order valence-electron chi connectivity index (χ0n) is 12.3. The van der Waals surface area contributed by atoms with Gasteiger partial charge in [0.05, 0.1) is 13.2 Å². The van der Waals surface area contributed by atoms with Crippen LogP contribution in [0.4, 0.5) is 0 Å². The monoisotopic (exact) mass is 321 g/mol. The van der Waals surface area contributed by atoms with Crippen LogP contribution in [-0.2, 0) is 14.3 Å². The average Bonchev–Trinajstić information content (AvgIpc) is 2.42. The number of carboxylic acid groups (broad SMARTS) is 2. The van der Waals surface area contributed by atoms with Crippen LogP contribution in [0.25, 0.3) is 0 Å². The largest absolute Gasteiger partial charge is 0.478 e. The van der Waals surface area contributed by atoms with E-state index in [2.05, 4.69) is 4.90 Å². The molecule has 7 heteroatoms. The minimum absolute atomic E-state index is 0. The molecule has 0 atom stereocenters. The van der Waals surface area contributed by atoms with Gasteiger partial charge in [0, 0.05) is 24.2 Å². The van der Waals surface area contributed by atoms with E-state index in [1.54, 1.807) is 0 Å². The number of ether oxygens (including phenoxy) is 1. The van der Waals surface area contributed by atoms with Crippen molar-refractivity contribution in [1.82, 2.24) is 4.90 Å². The molecule has 1 heterocycles. The van der Waals surface area contributed by atoms with Gasteiger partial charge in [-0.3, -0.25) is 4.90 Å². The molecule has 1 aliphatic rings. The van der Waals surface area contributed by atoms with E-state index in [-0.39, 0.29) is 23.6 Å². The summed E-state index contributed by atoms with van der Waals surface area (Å²) >= 11 is 0. The van der Waals surface area contributed by atoms with Gasteiger partial charge in [0.1, 0.15) is 0 Å². The molecule has 0 unspecified atom stereocenters. The van der Waals surface area contributed by atoms with E-state index in [1.165, 1.54) is 6.92 Å². The highest BCUT2D eigenvalue weighted by Crippen LogP contribution is 2.14. The topological polar surface area (TPSA) is 87.1 Å². The fraction of sp³-hybridized carbons (Fsp3) is 0.714. The lowest BCUT2D eigenvalue weighted by Gasteiger charge is -2.26. The molecule has 0 bridgehead atoms. The van der Waals surface area contributed by atoms with Crippen molar-refractivity contribution in [3.8, 4) is 0 Å². The number of nitrogens with zero attached hydrogens (tertiary/aromatic N) is 1. The molecular weight excluding hydrogens is 298 g/mol. The highest BCUT2D eigenvalue weighted by molar-refractivity contribution is 5.98. The summed E-state index contributed by atoms with van der Waals surface area (Å²) in [6.07, 6.45) is 2.92. The molecule has 0 saturated carbocycles. The zero-order valence-corrected chi connectivity index (χ0v) is 13.2. The number of aliphatic carboxylic acids is 2. The summed E-state index contributed by atoms with van der Waals surface area (Å²) < 4.78 is 5.27. The Kier molecular flexibility index (Phi) is 10.0. The Bertz CT molecular complexity index is 378. The summed E-state index contributed by atoms with van der Waals surface area (Å²) in [5.74, 6) is -2.28. The van der Waals surface area contributed by atoms with E-state index in [4.69, 9.17) is 14.9 Å². The molecular formula is C14H24ClNO5. The summed E-state index contributed by atoms with van der Waals surface area (Å²) in [5, 5.41) is 17.8. The molecule has 1 rings (SSSR count). The van der Waals surface area contributed by atoms with E-state index in [0.29, 0.717) is 12.8 Å². The Labute approximate surface area is 131 Å². The Morgan fingerprint density at radius 3 is 2.19 bits per heavy atom. The molecule has 1 aliphatic heterocycles. The third-order valence-corrected chi connectivity index (χ3v) is 3.54. The first-order valence-corrected chi connectivity index (χ1v) is 6.99. The molecule has 0 amide bonds. The van der Waals surface area contributed by atoms with Gasteiger partial charge in [-0.05, 0) is 32.7 Å². The molecule has 6 nitrogen and oxygen atoms in total. The highest BCUT2D eigenvalue weighted by Gasteiger charge is 2.16. The minimum Gasteiger partial charge on any atom is -0.478 e. The summed E-state index contributed by atoms with van der Waals surface area (Å²) in [6.45, 7) is 5.82. The van der Waals surface area contributed by atoms with Crippen LogP contribution in [-0.4, -0.2) is 59.9 Å². The van der Waals surface area contributed by atoms with Gasteiger partial charge >= 0.3 is 11.9 Å². The van der Waals surface area contributed by atoms with Gasteiger partial charge in [-0.2, -0.15) is 0 Å². The van der Waals surface area contributed by atoms with Crippen LogP contribution in [0.1, 0.15) is 32.6 Å². The van der Waals surface area contributed by atoms with Gasteiger partial charge in [0.25, 0.3) is 0 Å². The quantitative estimate of drug-likeness (QED) is 0.523. The maximum absolute atomic E-state index is 11.0. The third-order valence-electron chi connectivity index (χ3n) is 3.54. The van der Waals surface area contributed by atoms with Crippen molar-refractivity contribution in [2.75, 3.05) is 32.8 Å². The van der Waals surface area contributed by atoms with Gasteiger partial charge in [-0.1, -0.05) is 6.42 Å². The summed E-state index contributed by atoms with van der Waals surface area (Å²) in [6, 6.07) is 0. The summed E-state index contributed by atoms with van der Waals surface area (Å²) in [5.41, 5.74) is -0.0467. The number of hydrogen-bond acceptors (Lipinski definition) is 4. The third kappa shape index (κ3) is 7.45. The Hall–Kier alpha value is -1.11. The van der Waals surface area contributed by atoms with Gasteiger partial charge < -0.3 is 14.9 Å². The Morgan fingerprint density at radius 2 is 1.67 bits per heavy atom. The fourth-order valence-electron chi connectivity index (χ4n) is 2.22. The molecule has 0 spiro atoms. The molecule has 0 aliphatic carbocycles. The first kappa shape index (κ1) is 19.9. The zero-order chi connectivity index (χ0) is 15.0. The van der Waals surface area contributed by atoms with Crippen LogP contribution >= 0.6 is 12.4 Å². The maximum atomic E-state index is 11.0. The predicted octanol–water partition coefficient (Wildman–Crippen LogP) is 1.79. The van der Waals surface area contributed by atoms with Gasteiger partial charge in [0.15, 0.2) is 0 Å². The standard InChI is InChI=1S/C14H23NO5.ClH/c1-11(13(16)17)12(14(18)19)5-3-2-4-6-15-7-9-20-10-8-15;/h2-10H2,1H3,(H,16,17)(H,18,19);1H/b12-11+;. The molecule has 0 aromatic rings. The summed E-state index contributed by atoms with van der Waals surface area (Å²) in [4.78, 5) is 24.1. The van der Waals surface area contributed by atoms with Gasteiger partial charge in [0.2, 0.25) is 0 Å². The van der Waals surface area contributed by atoms with Crippen LogP contribution in [0.15, 0.2) is 11.1 Å². The molecule has 0 aromatic carbocycles. The van der Waals surface area contributed by atoms with Gasteiger partial charge in [-0.25, -0.2) is 9.59 Å². The SMILES string of the molecule is C/C(C(=O)O)=C(/CCCCCN1CCOCC1)C(=O)O.Cl. The molecule has 0 aromatic heterocycles. The van der Waals surface area contributed by atoms with Crippen molar-refractivity contribution in [2.24, 2.45) is 0 Å². The number of rotatable bonds is 8. The average molecular weight is 322 g/mol. The number of carbonyl (C=O) groups is 2. The van der Waals surface area contributed by atoms with Crippen molar-refractivity contribution in [2.45, 2.75) is 32.6 Å². The van der Waals surface area contributed by atoms with Crippen LogP contribution in [0.2, 0.25) is 0 Å². The van der Waals surface area contributed by atoms with Crippen LogP contribution in [0, 0.1) is 0 Å². The number of carboxylic acids is 2. The molecule has 21 heavy (non-hydrogen) atoms. The van der Waals surface area contributed by atoms with Crippen LogP contribution in [0.5, 0.6) is 0 Å². The second kappa shape index (κ2) is 10.6. The Balaban J connectivity index is 0.00000400. The predicted molar refractivity (Wildman–Crippen MR) is 80.9 cm³/mol. The lowest BCUT2D eigenvalue weighted by molar-refractivity contribution is -0.136. The second-order valence-corrected chi connectivity index (χ2v) is 4.98. The first-order valence-electron chi connectivity index (χ1n) is 6.99. The lowest BCUT2D eigenvalue weighted by atomic mass is 10.0. The second-order valence-electron chi connectivity index (χ2n) is 4.98. The number of unbranched alkanes of at least 4 members (excludes halogenated alkanes) is 2. The van der Waals surface area contributed by atoms with Crippen molar-refractivity contribution in [1.29, 1.82) is 0 Å². The van der Waals surface area contributed by atoms with E-state index >= 15 is 0 Å². The van der Waals surface area contributed by atoms with E-state index in [1.807, 2.05) is 0 Å². The number of hydrogen-bond donors (Lipinski definition) is 2. The van der Waals surface area contributed by atoms with E-state index in [0.717, 1.165) is 45.7 Å². The molecule has 122 valence electrons. The molecule has 1 fully saturated rings. The maximum Gasteiger partial charge on any atom is 0.332 e. The van der Waals surface area contributed by atoms with Crippen molar-refractivity contribution in [3.05, 3.63) is 11.1 Å². The molecule has 1 saturated heterocycles. The number of morpholine rings is 1. The van der Waals surface area contributed by atoms with E-state index in [9.17, 15) is 9.59 Å². The smallest absolute Gasteiger partial charge is 0.332 e. The highest BCUT2D eigenvalue weighted by atomic mass is 35.5. The number of halogens is 1. The van der Waals surface area contributed by atoms with Crippen LogP contribution < -0.4 is 0 Å². The van der Waals surface area contributed by atoms with Crippen molar-refractivity contribution < 1.29 is 24.5 Å². The van der Waals surface area contributed by atoms with E-state index < -0.39 is 11.9 Å². The van der Waals surface area contributed by atoms with Crippen molar-refractivity contribution in [3.63, 3.8) is 0 Å². The fourth-order valence-corrected chi connectivity index (χ4v) is 2.22. The lowest BCUT2D eigenvalue weighted by Crippen LogP contribution is -2.36. The molecule has 0 radical (unpaired) electrons.